The van der Waals surface area contributed by atoms with Gasteiger partial charge in [0.2, 0.25) is 11.8 Å². The molecule has 158 valence electrons. The molecule has 0 saturated heterocycles. The predicted molar refractivity (Wildman–Crippen MR) is 121 cm³/mol. The molecule has 6 heteroatoms. The summed E-state index contributed by atoms with van der Waals surface area (Å²) in [6.07, 6.45) is 0. The van der Waals surface area contributed by atoms with E-state index >= 15 is 0 Å². The van der Waals surface area contributed by atoms with Gasteiger partial charge in [-0.3, -0.25) is 14.4 Å². The molecule has 3 aromatic carbocycles. The van der Waals surface area contributed by atoms with Gasteiger partial charge in [0.1, 0.15) is 0 Å². The standard InChI is InChI=1S/C25H25N3O3/c1-18(29)28-22-14-12-21(13-15-22)24(30)26-16-17-27-25(31)23(19-8-4-2-5-9-19)20-10-6-3-7-11-20/h2-15,23H,16-17H2,1H3,(H,26,30)(H,27,31)(H,28,29). The first kappa shape index (κ1) is 21.8. The second kappa shape index (κ2) is 10.7. The molecule has 0 bridgehead atoms. The van der Waals surface area contributed by atoms with Gasteiger partial charge in [-0.2, -0.15) is 0 Å². The zero-order valence-corrected chi connectivity index (χ0v) is 17.3. The van der Waals surface area contributed by atoms with Crippen LogP contribution in [0.3, 0.4) is 0 Å². The van der Waals surface area contributed by atoms with Gasteiger partial charge < -0.3 is 16.0 Å². The third-order valence-electron chi connectivity index (χ3n) is 4.71. The fourth-order valence-corrected chi connectivity index (χ4v) is 3.26. The summed E-state index contributed by atoms with van der Waals surface area (Å²) in [6, 6.07) is 25.8. The molecule has 0 saturated carbocycles. The highest BCUT2D eigenvalue weighted by atomic mass is 16.2. The van der Waals surface area contributed by atoms with Crippen LogP contribution in [0.25, 0.3) is 0 Å². The Kier molecular flexibility index (Phi) is 7.54. The quantitative estimate of drug-likeness (QED) is 0.493. The van der Waals surface area contributed by atoms with E-state index in [1.165, 1.54) is 6.92 Å². The second-order valence-corrected chi connectivity index (χ2v) is 7.06. The summed E-state index contributed by atoms with van der Waals surface area (Å²) in [4.78, 5) is 36.3. The average Bonchev–Trinajstić information content (AvgIpc) is 2.78. The zero-order valence-electron chi connectivity index (χ0n) is 17.3. The van der Waals surface area contributed by atoms with Gasteiger partial charge in [-0.25, -0.2) is 0 Å². The molecule has 0 unspecified atom stereocenters. The van der Waals surface area contributed by atoms with Gasteiger partial charge in [0, 0.05) is 31.3 Å². The number of carbonyl (C=O) groups excluding carboxylic acids is 3. The molecule has 3 rings (SSSR count). The van der Waals surface area contributed by atoms with Crippen LogP contribution < -0.4 is 16.0 Å². The number of benzene rings is 3. The Bertz CT molecular complexity index is 979. The molecular weight excluding hydrogens is 390 g/mol. The van der Waals surface area contributed by atoms with E-state index in [0.717, 1.165) is 11.1 Å². The van der Waals surface area contributed by atoms with E-state index in [-0.39, 0.29) is 17.7 Å². The Morgan fingerprint density at radius 2 is 1.23 bits per heavy atom. The van der Waals surface area contributed by atoms with Gasteiger partial charge in [0.15, 0.2) is 0 Å². The minimum Gasteiger partial charge on any atom is -0.354 e. The SMILES string of the molecule is CC(=O)Nc1ccc(C(=O)NCCNC(=O)C(c2ccccc2)c2ccccc2)cc1. The Morgan fingerprint density at radius 3 is 1.74 bits per heavy atom. The van der Waals surface area contributed by atoms with Crippen molar-refractivity contribution in [1.29, 1.82) is 0 Å². The average molecular weight is 415 g/mol. The molecule has 3 N–H and O–H groups in total. The molecule has 6 nitrogen and oxygen atoms in total. The van der Waals surface area contributed by atoms with Crippen LogP contribution in [-0.4, -0.2) is 30.8 Å². The van der Waals surface area contributed by atoms with Crippen molar-refractivity contribution < 1.29 is 14.4 Å². The topological polar surface area (TPSA) is 87.3 Å². The molecule has 3 aromatic rings. The van der Waals surface area contributed by atoms with Gasteiger partial charge in [-0.1, -0.05) is 60.7 Å². The van der Waals surface area contributed by atoms with E-state index in [1.807, 2.05) is 60.7 Å². The van der Waals surface area contributed by atoms with Gasteiger partial charge in [-0.15, -0.1) is 0 Å². The minimum absolute atomic E-state index is 0.119. The van der Waals surface area contributed by atoms with Crippen molar-refractivity contribution in [3.8, 4) is 0 Å². The maximum absolute atomic E-state index is 12.9. The number of carbonyl (C=O) groups is 3. The lowest BCUT2D eigenvalue weighted by Crippen LogP contribution is -2.37. The molecule has 0 radical (unpaired) electrons. The van der Waals surface area contributed by atoms with E-state index in [0.29, 0.717) is 24.3 Å². The summed E-state index contributed by atoms with van der Waals surface area (Å²) in [5, 5.41) is 8.36. The largest absolute Gasteiger partial charge is 0.354 e. The van der Waals surface area contributed by atoms with Crippen LogP contribution >= 0.6 is 0 Å². The van der Waals surface area contributed by atoms with Crippen molar-refractivity contribution in [2.24, 2.45) is 0 Å². The van der Waals surface area contributed by atoms with E-state index < -0.39 is 5.92 Å². The molecule has 31 heavy (non-hydrogen) atoms. The lowest BCUT2D eigenvalue weighted by Gasteiger charge is -2.18. The van der Waals surface area contributed by atoms with E-state index in [1.54, 1.807) is 24.3 Å². The lowest BCUT2D eigenvalue weighted by molar-refractivity contribution is -0.121. The third kappa shape index (κ3) is 6.27. The molecule has 0 aromatic heterocycles. The molecule has 3 amide bonds. The third-order valence-corrected chi connectivity index (χ3v) is 4.71. The van der Waals surface area contributed by atoms with Crippen LogP contribution in [-0.2, 0) is 9.59 Å². The summed E-state index contributed by atoms with van der Waals surface area (Å²) in [5.41, 5.74) is 2.93. The Labute approximate surface area is 181 Å². The van der Waals surface area contributed by atoms with Crippen molar-refractivity contribution in [2.75, 3.05) is 18.4 Å². The van der Waals surface area contributed by atoms with Crippen molar-refractivity contribution in [3.63, 3.8) is 0 Å². The van der Waals surface area contributed by atoms with Crippen LogP contribution in [0.5, 0.6) is 0 Å². The molecule has 0 atom stereocenters. The first-order valence-electron chi connectivity index (χ1n) is 10.1. The summed E-state index contributed by atoms with van der Waals surface area (Å²) in [5.74, 6) is -0.950. The van der Waals surface area contributed by atoms with Crippen LogP contribution in [0.1, 0.15) is 34.3 Å². The van der Waals surface area contributed by atoms with Crippen molar-refractivity contribution in [2.45, 2.75) is 12.8 Å². The van der Waals surface area contributed by atoms with Crippen LogP contribution in [0.4, 0.5) is 5.69 Å². The van der Waals surface area contributed by atoms with Crippen molar-refractivity contribution in [3.05, 3.63) is 102 Å². The van der Waals surface area contributed by atoms with Crippen LogP contribution in [0, 0.1) is 0 Å². The summed E-state index contributed by atoms with van der Waals surface area (Å²) in [7, 11) is 0. The second-order valence-electron chi connectivity index (χ2n) is 7.06. The minimum atomic E-state index is -0.417. The maximum atomic E-state index is 12.9. The predicted octanol–water partition coefficient (Wildman–Crippen LogP) is 3.32. The monoisotopic (exact) mass is 415 g/mol. The fourth-order valence-electron chi connectivity index (χ4n) is 3.26. The molecule has 0 spiro atoms. The van der Waals surface area contributed by atoms with Crippen molar-refractivity contribution in [1.82, 2.24) is 10.6 Å². The summed E-state index contributed by atoms with van der Waals surface area (Å²) in [6.45, 7) is 2.04. The Balaban J connectivity index is 1.54. The number of hydrogen-bond acceptors (Lipinski definition) is 3. The summed E-state index contributed by atoms with van der Waals surface area (Å²) >= 11 is 0. The smallest absolute Gasteiger partial charge is 0.251 e. The van der Waals surface area contributed by atoms with Crippen LogP contribution in [0.2, 0.25) is 0 Å². The van der Waals surface area contributed by atoms with Crippen LogP contribution in [0.15, 0.2) is 84.9 Å². The van der Waals surface area contributed by atoms with E-state index in [4.69, 9.17) is 0 Å². The van der Waals surface area contributed by atoms with Gasteiger partial charge >= 0.3 is 0 Å². The molecule has 0 aliphatic carbocycles. The highest BCUT2D eigenvalue weighted by molar-refractivity contribution is 5.95. The highest BCUT2D eigenvalue weighted by Crippen LogP contribution is 2.24. The van der Waals surface area contributed by atoms with Gasteiger partial charge in [0.05, 0.1) is 5.92 Å². The zero-order chi connectivity index (χ0) is 22.1. The normalized spacial score (nSPS) is 10.4. The first-order valence-corrected chi connectivity index (χ1v) is 10.1. The van der Waals surface area contributed by atoms with Crippen molar-refractivity contribution >= 4 is 23.4 Å². The maximum Gasteiger partial charge on any atom is 0.251 e. The van der Waals surface area contributed by atoms with Gasteiger partial charge in [-0.05, 0) is 35.4 Å². The lowest BCUT2D eigenvalue weighted by atomic mass is 9.90. The number of anilines is 1. The van der Waals surface area contributed by atoms with E-state index in [2.05, 4.69) is 16.0 Å². The Hall–Kier alpha value is -3.93. The molecule has 0 aliphatic heterocycles. The molecule has 0 aliphatic rings. The number of amides is 3. The molecule has 0 heterocycles. The number of rotatable bonds is 8. The first-order chi connectivity index (χ1) is 15.0. The summed E-state index contributed by atoms with van der Waals surface area (Å²) < 4.78 is 0. The molecule has 0 fully saturated rings. The number of nitrogens with one attached hydrogen (secondary N) is 3. The highest BCUT2D eigenvalue weighted by Gasteiger charge is 2.22. The van der Waals surface area contributed by atoms with E-state index in [9.17, 15) is 14.4 Å². The number of hydrogen-bond donors (Lipinski definition) is 3. The fraction of sp³-hybridized carbons (Fsp3) is 0.160. The van der Waals surface area contributed by atoms with Gasteiger partial charge in [0.25, 0.3) is 5.91 Å². The molecular formula is C25H25N3O3. The Morgan fingerprint density at radius 1 is 0.710 bits per heavy atom.